The number of nitrogens with one attached hydrogen (secondary N) is 1. The van der Waals surface area contributed by atoms with Crippen molar-refractivity contribution in [2.45, 2.75) is 75.1 Å². The summed E-state index contributed by atoms with van der Waals surface area (Å²) >= 11 is 0. The van der Waals surface area contributed by atoms with Crippen LogP contribution in [0.1, 0.15) is 62.1 Å². The van der Waals surface area contributed by atoms with Crippen molar-refractivity contribution in [3.8, 4) is 5.88 Å². The van der Waals surface area contributed by atoms with E-state index in [1.807, 2.05) is 0 Å². The SMILES string of the molecule is COC[C@@H]1C[C@H](NS(C)(=O)=O)C2COC3CCC(CC3)c3cc(C(F)F)cc(n3)OCCCOC(=O)N21. The van der Waals surface area contributed by atoms with Gasteiger partial charge in [0, 0.05) is 42.8 Å². The number of methoxy groups -OCH3 is 1. The lowest BCUT2D eigenvalue weighted by molar-refractivity contribution is -0.0156. The maximum atomic E-state index is 13.5. The number of fused-ring (bicyclic) bond motifs is 8. The Balaban J connectivity index is 1.56. The molecule has 2 fully saturated rings. The van der Waals surface area contributed by atoms with Gasteiger partial charge in [-0.1, -0.05) is 0 Å². The average Bonchev–Trinajstić information content (AvgIpc) is 3.17. The molecule has 1 saturated heterocycles. The number of aromatic nitrogens is 1. The number of carbonyl (C=O) groups is 1. The maximum absolute atomic E-state index is 13.5. The Kier molecular flexibility index (Phi) is 9.20. The second kappa shape index (κ2) is 12.2. The summed E-state index contributed by atoms with van der Waals surface area (Å²) in [5, 5.41) is 0. The van der Waals surface area contributed by atoms with Crippen molar-refractivity contribution in [1.29, 1.82) is 0 Å². The van der Waals surface area contributed by atoms with Gasteiger partial charge < -0.3 is 18.9 Å². The highest BCUT2D eigenvalue weighted by Gasteiger charge is 2.46. The number of carbonyl (C=O) groups excluding carboxylic acids is 1. The molecular weight excluding hydrogens is 512 g/mol. The third-order valence-corrected chi connectivity index (χ3v) is 7.86. The van der Waals surface area contributed by atoms with Crippen LogP contribution in [-0.2, 0) is 24.2 Å². The summed E-state index contributed by atoms with van der Waals surface area (Å²) in [7, 11) is -2.02. The van der Waals surface area contributed by atoms with Gasteiger partial charge in [0.05, 0.1) is 50.9 Å². The first-order valence-corrected chi connectivity index (χ1v) is 14.5. The largest absolute Gasteiger partial charge is 0.478 e. The molecule has 1 N–H and O–H groups in total. The number of nitrogens with zero attached hydrogens (tertiary/aromatic N) is 2. The lowest BCUT2D eigenvalue weighted by Crippen LogP contribution is -2.51. The fraction of sp³-hybridized carbons (Fsp3) is 0.750. The molecule has 5 rings (SSSR count). The molecule has 4 heterocycles. The van der Waals surface area contributed by atoms with Crippen LogP contribution in [0.15, 0.2) is 12.1 Å². The lowest BCUT2D eigenvalue weighted by atomic mass is 9.84. The molecule has 13 heteroatoms. The van der Waals surface area contributed by atoms with Crippen LogP contribution in [0.4, 0.5) is 13.6 Å². The van der Waals surface area contributed by atoms with Crippen LogP contribution in [0.2, 0.25) is 0 Å². The zero-order valence-corrected chi connectivity index (χ0v) is 21.9. The molecule has 4 bridgehead atoms. The molecule has 3 aliphatic heterocycles. The molecule has 0 spiro atoms. The number of alkyl halides is 2. The van der Waals surface area contributed by atoms with Crippen LogP contribution in [0.5, 0.6) is 5.88 Å². The van der Waals surface area contributed by atoms with E-state index in [4.69, 9.17) is 18.9 Å². The Bertz CT molecular complexity index is 1040. The summed E-state index contributed by atoms with van der Waals surface area (Å²) in [6, 6.07) is 1.19. The van der Waals surface area contributed by atoms with E-state index < -0.39 is 40.7 Å². The summed E-state index contributed by atoms with van der Waals surface area (Å²) in [5.74, 6) is 0.145. The molecule has 1 aromatic heterocycles. The zero-order chi connectivity index (χ0) is 26.6. The molecule has 1 saturated carbocycles. The molecule has 10 nitrogen and oxygen atoms in total. The first-order valence-electron chi connectivity index (χ1n) is 12.6. The highest BCUT2D eigenvalue weighted by atomic mass is 32.2. The monoisotopic (exact) mass is 547 g/mol. The number of halogens is 2. The Morgan fingerprint density at radius 2 is 1.92 bits per heavy atom. The Labute approximate surface area is 216 Å². The highest BCUT2D eigenvalue weighted by molar-refractivity contribution is 7.88. The van der Waals surface area contributed by atoms with Gasteiger partial charge in [0.25, 0.3) is 6.43 Å². The van der Waals surface area contributed by atoms with Crippen LogP contribution >= 0.6 is 0 Å². The fourth-order valence-electron chi connectivity index (χ4n) is 5.44. The molecule has 208 valence electrons. The fourth-order valence-corrected chi connectivity index (χ4v) is 6.24. The zero-order valence-electron chi connectivity index (χ0n) is 21.1. The van der Waals surface area contributed by atoms with Gasteiger partial charge in [-0.25, -0.2) is 31.7 Å². The van der Waals surface area contributed by atoms with Gasteiger partial charge in [0.2, 0.25) is 15.9 Å². The number of pyridine rings is 1. The third-order valence-electron chi connectivity index (χ3n) is 7.13. The maximum Gasteiger partial charge on any atom is 0.410 e. The van der Waals surface area contributed by atoms with Gasteiger partial charge in [-0.05, 0) is 38.2 Å². The Morgan fingerprint density at radius 3 is 2.59 bits per heavy atom. The van der Waals surface area contributed by atoms with Crippen LogP contribution < -0.4 is 9.46 Å². The van der Waals surface area contributed by atoms with E-state index in [9.17, 15) is 22.0 Å². The second-order valence-electron chi connectivity index (χ2n) is 9.90. The van der Waals surface area contributed by atoms with Crippen molar-refractivity contribution in [1.82, 2.24) is 14.6 Å². The molecule has 1 aromatic rings. The van der Waals surface area contributed by atoms with Gasteiger partial charge >= 0.3 is 6.09 Å². The Morgan fingerprint density at radius 1 is 1.19 bits per heavy atom. The molecule has 1 unspecified atom stereocenters. The summed E-state index contributed by atoms with van der Waals surface area (Å²) in [4.78, 5) is 19.1. The number of rotatable bonds is 5. The minimum Gasteiger partial charge on any atom is -0.478 e. The standard InChI is InChI=1S/C24H35F2N3O7S/c1-33-13-17-12-20(28-37(2,31)32)21-14-36-18-6-4-15(5-7-18)19-10-16(23(25)26)11-22(27-19)34-8-3-9-35-24(30)29(17)21/h10-11,15,17-18,20-21,23,28H,3-9,12-14H2,1-2H3/t15?,17-,18?,20-,21?/m0/s1. The van der Waals surface area contributed by atoms with Gasteiger partial charge in [-0.3, -0.25) is 4.90 Å². The van der Waals surface area contributed by atoms with Crippen molar-refractivity contribution in [2.24, 2.45) is 0 Å². The number of sulfonamides is 1. The predicted molar refractivity (Wildman–Crippen MR) is 129 cm³/mol. The van der Waals surface area contributed by atoms with Gasteiger partial charge in [0.15, 0.2) is 0 Å². The summed E-state index contributed by atoms with van der Waals surface area (Å²) in [6.45, 7) is 0.505. The number of ether oxygens (including phenoxy) is 4. The molecule has 3 atom stereocenters. The predicted octanol–water partition coefficient (Wildman–Crippen LogP) is 2.99. The van der Waals surface area contributed by atoms with Crippen LogP contribution in [-0.4, -0.2) is 88.4 Å². The van der Waals surface area contributed by atoms with E-state index in [-0.39, 0.29) is 49.9 Å². The van der Waals surface area contributed by atoms with Gasteiger partial charge in [0.1, 0.15) is 0 Å². The smallest absolute Gasteiger partial charge is 0.410 e. The van der Waals surface area contributed by atoms with Gasteiger partial charge in [-0.2, -0.15) is 0 Å². The van der Waals surface area contributed by atoms with Crippen molar-refractivity contribution >= 4 is 16.1 Å². The highest BCUT2D eigenvalue weighted by Crippen LogP contribution is 2.36. The molecule has 1 aliphatic carbocycles. The van der Waals surface area contributed by atoms with Crippen molar-refractivity contribution in [3.05, 3.63) is 23.4 Å². The van der Waals surface area contributed by atoms with E-state index in [0.717, 1.165) is 6.26 Å². The quantitative estimate of drug-likeness (QED) is 0.598. The first-order chi connectivity index (χ1) is 17.6. The molecule has 1 amide bonds. The van der Waals surface area contributed by atoms with E-state index >= 15 is 0 Å². The molecule has 4 aliphatic rings. The normalized spacial score (nSPS) is 29.5. The number of amides is 1. The van der Waals surface area contributed by atoms with Crippen molar-refractivity contribution in [3.63, 3.8) is 0 Å². The molecule has 37 heavy (non-hydrogen) atoms. The van der Waals surface area contributed by atoms with E-state index in [1.54, 1.807) is 0 Å². The molecule has 0 radical (unpaired) electrons. The van der Waals surface area contributed by atoms with Gasteiger partial charge in [-0.15, -0.1) is 0 Å². The van der Waals surface area contributed by atoms with Crippen molar-refractivity contribution in [2.75, 3.05) is 39.8 Å². The third kappa shape index (κ3) is 7.27. The van der Waals surface area contributed by atoms with Crippen LogP contribution in [0.25, 0.3) is 0 Å². The summed E-state index contributed by atoms with van der Waals surface area (Å²) in [6.07, 6.45) is 1.21. The van der Waals surface area contributed by atoms with Crippen LogP contribution in [0, 0.1) is 0 Å². The van der Waals surface area contributed by atoms with Crippen LogP contribution in [0.3, 0.4) is 0 Å². The van der Waals surface area contributed by atoms with E-state index in [2.05, 4.69) is 9.71 Å². The van der Waals surface area contributed by atoms with E-state index in [0.29, 0.717) is 44.2 Å². The van der Waals surface area contributed by atoms with Crippen molar-refractivity contribution < 1.29 is 40.9 Å². The molecular formula is C24H35F2N3O7S. The minimum absolute atomic E-state index is 0.00945. The second-order valence-corrected chi connectivity index (χ2v) is 11.7. The average molecular weight is 548 g/mol. The lowest BCUT2D eigenvalue weighted by Gasteiger charge is -2.33. The first kappa shape index (κ1) is 27.9. The summed E-state index contributed by atoms with van der Waals surface area (Å²) < 4.78 is 76.4. The topological polar surface area (TPSA) is 116 Å². The minimum atomic E-state index is -3.54. The number of hydrogen-bond acceptors (Lipinski definition) is 8. The molecule has 0 aromatic carbocycles. The van der Waals surface area contributed by atoms with E-state index in [1.165, 1.54) is 24.1 Å². The Hall–Kier alpha value is -2.09. The summed E-state index contributed by atoms with van der Waals surface area (Å²) in [5.41, 5.74) is 0.459. The number of hydrogen-bond donors (Lipinski definition) is 1.